The fourth-order valence-electron chi connectivity index (χ4n) is 1.54. The topological polar surface area (TPSA) is 27.7 Å². The van der Waals surface area contributed by atoms with Gasteiger partial charge in [0, 0.05) is 25.9 Å². The highest BCUT2D eigenvalue weighted by atomic mass is 32.2. The lowest BCUT2D eigenvalue weighted by molar-refractivity contribution is 0.0707. The molecule has 0 saturated heterocycles. The van der Waals surface area contributed by atoms with E-state index >= 15 is 0 Å². The second-order valence-electron chi connectivity index (χ2n) is 3.61. The van der Waals surface area contributed by atoms with Gasteiger partial charge in [-0.05, 0) is 33.6 Å². The summed E-state index contributed by atoms with van der Waals surface area (Å²) in [7, 11) is -2.50. The molecule has 0 aliphatic carbocycles. The van der Waals surface area contributed by atoms with Gasteiger partial charge in [-0.2, -0.15) is 37.9 Å². The van der Waals surface area contributed by atoms with Crippen molar-refractivity contribution in [3.05, 3.63) is 0 Å². The predicted octanol–water partition coefficient (Wildman–Crippen LogP) is 3.26. The second kappa shape index (κ2) is 9.11. The van der Waals surface area contributed by atoms with Crippen LogP contribution in [0, 0.1) is 0 Å². The van der Waals surface area contributed by atoms with Crippen LogP contribution in [-0.2, 0) is 13.3 Å². The zero-order valence-corrected chi connectivity index (χ0v) is 14.5. The summed E-state index contributed by atoms with van der Waals surface area (Å²) in [6, 6.07) is 0.784. The molecule has 104 valence electrons. The Morgan fingerprint density at radius 1 is 0.882 bits per heavy atom. The highest BCUT2D eigenvalue weighted by Crippen LogP contribution is 2.32. The third-order valence-corrected chi connectivity index (χ3v) is 5.91. The smallest absolute Gasteiger partial charge is 0.374 e. The van der Waals surface area contributed by atoms with E-state index in [0.29, 0.717) is 19.8 Å². The van der Waals surface area contributed by atoms with Gasteiger partial charge in [-0.1, -0.05) is 0 Å². The summed E-state index contributed by atoms with van der Waals surface area (Å²) in [5.41, 5.74) is 0. The van der Waals surface area contributed by atoms with E-state index in [2.05, 4.69) is 37.9 Å². The summed E-state index contributed by atoms with van der Waals surface area (Å²) < 4.78 is 16.7. The Morgan fingerprint density at radius 2 is 1.29 bits per heavy atom. The highest BCUT2D eigenvalue weighted by molar-refractivity contribution is 8.16. The Morgan fingerprint density at radius 3 is 1.59 bits per heavy atom. The van der Waals surface area contributed by atoms with Gasteiger partial charge in [0.25, 0.3) is 0 Å². The zero-order valence-electron chi connectivity index (χ0n) is 10.8. The minimum atomic E-state index is -2.50. The molecule has 3 nitrogen and oxygen atoms in total. The van der Waals surface area contributed by atoms with E-state index in [-0.39, 0.29) is 0 Å². The summed E-state index contributed by atoms with van der Waals surface area (Å²) in [5.74, 6) is 0. The number of rotatable bonds is 10. The fourth-order valence-corrected chi connectivity index (χ4v) is 4.63. The van der Waals surface area contributed by atoms with Crippen LogP contribution in [0.3, 0.4) is 0 Å². The molecule has 0 heterocycles. The van der Waals surface area contributed by atoms with E-state index in [1.807, 2.05) is 20.8 Å². The van der Waals surface area contributed by atoms with Gasteiger partial charge in [0.15, 0.2) is 0 Å². The van der Waals surface area contributed by atoms with Crippen LogP contribution in [0.4, 0.5) is 0 Å². The van der Waals surface area contributed by atoms with Gasteiger partial charge in [-0.3, -0.25) is 0 Å². The maximum Gasteiger partial charge on any atom is 0.500 e. The molecule has 0 spiro atoms. The lowest BCUT2D eigenvalue weighted by Gasteiger charge is -2.29. The SMILES string of the molecule is CCO[Si](CCCC(S)(S)S)(OCC)OCC. The number of hydrogen-bond donors (Lipinski definition) is 3. The first-order chi connectivity index (χ1) is 7.89. The van der Waals surface area contributed by atoms with E-state index in [1.165, 1.54) is 0 Å². The summed E-state index contributed by atoms with van der Waals surface area (Å²) in [6.07, 6.45) is 1.65. The van der Waals surface area contributed by atoms with Gasteiger partial charge in [0.2, 0.25) is 0 Å². The van der Waals surface area contributed by atoms with Crippen LogP contribution in [0.5, 0.6) is 0 Å². The molecular weight excluding hydrogens is 292 g/mol. The van der Waals surface area contributed by atoms with Crippen LogP contribution in [0.2, 0.25) is 6.04 Å². The minimum Gasteiger partial charge on any atom is -0.374 e. The van der Waals surface area contributed by atoms with E-state index in [9.17, 15) is 0 Å². The molecule has 0 aromatic rings. The molecule has 7 heteroatoms. The van der Waals surface area contributed by atoms with Crippen LogP contribution in [0.15, 0.2) is 0 Å². The Balaban J connectivity index is 4.33. The highest BCUT2D eigenvalue weighted by Gasteiger charge is 2.40. The van der Waals surface area contributed by atoms with Crippen molar-refractivity contribution in [1.29, 1.82) is 0 Å². The van der Waals surface area contributed by atoms with Crippen LogP contribution in [0.25, 0.3) is 0 Å². The molecule has 0 bridgehead atoms. The van der Waals surface area contributed by atoms with Gasteiger partial charge in [-0.15, -0.1) is 0 Å². The molecule has 0 fully saturated rings. The Hall–Kier alpha value is 1.15. The Bertz CT molecular complexity index is 183. The number of thiol groups is 3. The normalized spacial score (nSPS) is 13.1. The molecule has 0 amide bonds. The van der Waals surface area contributed by atoms with Crippen molar-refractivity contribution < 1.29 is 13.3 Å². The first-order valence-electron chi connectivity index (χ1n) is 5.98. The van der Waals surface area contributed by atoms with Crippen LogP contribution >= 0.6 is 37.9 Å². The van der Waals surface area contributed by atoms with Crippen LogP contribution in [-0.4, -0.2) is 32.0 Å². The third kappa shape index (κ3) is 8.80. The van der Waals surface area contributed by atoms with Crippen molar-refractivity contribution in [3.8, 4) is 0 Å². The van der Waals surface area contributed by atoms with E-state index in [0.717, 1.165) is 18.9 Å². The average Bonchev–Trinajstić information content (AvgIpc) is 2.16. The van der Waals surface area contributed by atoms with Crippen molar-refractivity contribution >= 4 is 46.7 Å². The van der Waals surface area contributed by atoms with Crippen LogP contribution < -0.4 is 0 Å². The van der Waals surface area contributed by atoms with Crippen molar-refractivity contribution in [2.45, 2.75) is 43.1 Å². The van der Waals surface area contributed by atoms with Crippen molar-refractivity contribution in [1.82, 2.24) is 0 Å². The first-order valence-corrected chi connectivity index (χ1v) is 9.25. The van der Waals surface area contributed by atoms with Gasteiger partial charge in [0.1, 0.15) is 0 Å². The van der Waals surface area contributed by atoms with E-state index in [4.69, 9.17) is 13.3 Å². The first kappa shape index (κ1) is 18.1. The minimum absolute atomic E-state index is 0.551. The standard InChI is InChI=1S/C10H24O3S3Si/c1-4-11-17(12-5-2,13-6-3)9-7-8-10(14,15)16/h14-16H,4-9H2,1-3H3. The molecule has 0 aliphatic heterocycles. The molecule has 0 N–H and O–H groups in total. The summed E-state index contributed by atoms with van der Waals surface area (Å²) in [4.78, 5) is 0. The summed E-state index contributed by atoms with van der Waals surface area (Å²) in [5, 5.41) is 0. The monoisotopic (exact) mass is 316 g/mol. The maximum absolute atomic E-state index is 5.74. The molecule has 17 heavy (non-hydrogen) atoms. The average molecular weight is 317 g/mol. The van der Waals surface area contributed by atoms with Gasteiger partial charge >= 0.3 is 8.80 Å². The molecule has 0 saturated carbocycles. The summed E-state index contributed by atoms with van der Waals surface area (Å²) in [6.45, 7) is 7.71. The Kier molecular flexibility index (Phi) is 9.73. The molecular formula is C10H24O3S3Si. The second-order valence-corrected chi connectivity index (χ2v) is 9.69. The number of hydrogen-bond acceptors (Lipinski definition) is 6. The molecule has 0 atom stereocenters. The lowest BCUT2D eigenvalue weighted by atomic mass is 10.4. The van der Waals surface area contributed by atoms with Gasteiger partial charge in [0.05, 0.1) is 3.41 Å². The van der Waals surface area contributed by atoms with Crippen LogP contribution in [0.1, 0.15) is 33.6 Å². The maximum atomic E-state index is 5.74. The fraction of sp³-hybridized carbons (Fsp3) is 1.00. The zero-order chi connectivity index (χ0) is 13.4. The third-order valence-electron chi connectivity index (χ3n) is 2.09. The largest absolute Gasteiger partial charge is 0.500 e. The van der Waals surface area contributed by atoms with E-state index < -0.39 is 12.2 Å². The quantitative estimate of drug-likeness (QED) is 0.328. The predicted molar refractivity (Wildman–Crippen MR) is 84.4 cm³/mol. The summed E-state index contributed by atoms with van der Waals surface area (Å²) >= 11 is 12.8. The van der Waals surface area contributed by atoms with E-state index in [1.54, 1.807) is 0 Å². The molecule has 0 aliphatic rings. The van der Waals surface area contributed by atoms with Gasteiger partial charge < -0.3 is 13.3 Å². The molecule has 0 radical (unpaired) electrons. The molecule has 0 rings (SSSR count). The van der Waals surface area contributed by atoms with Crippen molar-refractivity contribution in [3.63, 3.8) is 0 Å². The Labute approximate surface area is 123 Å². The molecule has 0 aromatic heterocycles. The molecule has 0 unspecified atom stereocenters. The molecule has 0 aromatic carbocycles. The van der Waals surface area contributed by atoms with Gasteiger partial charge in [-0.25, -0.2) is 0 Å². The van der Waals surface area contributed by atoms with Crippen molar-refractivity contribution in [2.24, 2.45) is 0 Å². The van der Waals surface area contributed by atoms with Crippen molar-refractivity contribution in [2.75, 3.05) is 19.8 Å². The lowest BCUT2D eigenvalue weighted by Crippen LogP contribution is -2.46.